The van der Waals surface area contributed by atoms with Gasteiger partial charge in [-0.1, -0.05) is 56.3 Å². The fourth-order valence-corrected chi connectivity index (χ4v) is 4.32. The average Bonchev–Trinajstić information content (AvgIpc) is 3.26. The second-order valence-corrected chi connectivity index (χ2v) is 8.61. The van der Waals surface area contributed by atoms with Crippen LogP contribution in [0.3, 0.4) is 0 Å². The van der Waals surface area contributed by atoms with E-state index in [1.54, 1.807) is 17.4 Å². The highest BCUT2D eigenvalue weighted by Crippen LogP contribution is 2.29. The van der Waals surface area contributed by atoms with Gasteiger partial charge in [0, 0.05) is 4.88 Å². The topological polar surface area (TPSA) is 57.8 Å². The van der Waals surface area contributed by atoms with Gasteiger partial charge in [0.15, 0.2) is 0 Å². The first-order valence-electron chi connectivity index (χ1n) is 9.91. The quantitative estimate of drug-likeness (QED) is 0.444. The van der Waals surface area contributed by atoms with Crippen LogP contribution in [-0.4, -0.2) is 9.97 Å². The van der Waals surface area contributed by atoms with Gasteiger partial charge in [-0.05, 0) is 47.5 Å². The van der Waals surface area contributed by atoms with Crippen molar-refractivity contribution >= 4 is 22.2 Å². The maximum absolute atomic E-state index is 12.5. The number of benzene rings is 2. The number of rotatable bonds is 6. The molecule has 29 heavy (non-hydrogen) atoms. The molecule has 2 atom stereocenters. The zero-order valence-electron chi connectivity index (χ0n) is 16.8. The molecule has 4 nitrogen and oxygen atoms in total. The van der Waals surface area contributed by atoms with Crippen LogP contribution in [0.15, 0.2) is 70.8 Å². The smallest absolute Gasteiger partial charge is 0.258 e. The molecule has 0 amide bonds. The number of nitrogens with zero attached hydrogens (tertiary/aromatic N) is 1. The van der Waals surface area contributed by atoms with Crippen molar-refractivity contribution < 1.29 is 0 Å². The van der Waals surface area contributed by atoms with Crippen LogP contribution in [0, 0.1) is 0 Å². The van der Waals surface area contributed by atoms with Crippen molar-refractivity contribution in [3.05, 3.63) is 98.2 Å². The number of hydrogen-bond donors (Lipinski definition) is 2. The molecule has 5 heteroatoms. The van der Waals surface area contributed by atoms with Gasteiger partial charge in [0.05, 0.1) is 23.0 Å². The van der Waals surface area contributed by atoms with Gasteiger partial charge in [-0.3, -0.25) is 10.1 Å². The Morgan fingerprint density at radius 2 is 1.66 bits per heavy atom. The van der Waals surface area contributed by atoms with Crippen LogP contribution < -0.4 is 10.9 Å². The summed E-state index contributed by atoms with van der Waals surface area (Å²) < 4.78 is 0. The summed E-state index contributed by atoms with van der Waals surface area (Å²) in [6, 6.07) is 20.3. The van der Waals surface area contributed by atoms with Gasteiger partial charge in [-0.15, -0.1) is 11.3 Å². The van der Waals surface area contributed by atoms with E-state index >= 15 is 0 Å². The fourth-order valence-electron chi connectivity index (χ4n) is 3.51. The lowest BCUT2D eigenvalue weighted by Gasteiger charge is -2.23. The molecule has 2 N–H and O–H groups in total. The summed E-state index contributed by atoms with van der Waals surface area (Å²) in [5, 5.41) is 6.37. The summed E-state index contributed by atoms with van der Waals surface area (Å²) >= 11 is 1.72. The van der Waals surface area contributed by atoms with E-state index in [0.29, 0.717) is 22.6 Å². The summed E-state index contributed by atoms with van der Waals surface area (Å²) in [5.41, 5.74) is 3.14. The summed E-state index contributed by atoms with van der Waals surface area (Å²) in [6.45, 7) is 6.44. The minimum Gasteiger partial charge on any atom is -0.309 e. The molecule has 0 aliphatic carbocycles. The monoisotopic (exact) mass is 403 g/mol. The van der Waals surface area contributed by atoms with Gasteiger partial charge in [0.2, 0.25) is 0 Å². The third-order valence-corrected chi connectivity index (χ3v) is 6.16. The lowest BCUT2D eigenvalue weighted by atomic mass is 9.98. The van der Waals surface area contributed by atoms with E-state index in [4.69, 9.17) is 0 Å². The Morgan fingerprint density at radius 1 is 0.931 bits per heavy atom. The number of hydrogen-bond acceptors (Lipinski definition) is 4. The van der Waals surface area contributed by atoms with Crippen molar-refractivity contribution in [2.75, 3.05) is 0 Å². The second-order valence-electron chi connectivity index (χ2n) is 7.63. The molecule has 2 heterocycles. The summed E-state index contributed by atoms with van der Waals surface area (Å²) in [4.78, 5) is 21.3. The molecule has 4 aromatic rings. The molecule has 0 radical (unpaired) electrons. The molecule has 0 aliphatic heterocycles. The SMILES string of the molecule is CC(C)c1ccc([C@@H](N[C@@H](C)c2nc3ccccc3c(=O)[nH]2)c2cccs2)cc1. The van der Waals surface area contributed by atoms with Crippen molar-refractivity contribution in [1.29, 1.82) is 0 Å². The highest BCUT2D eigenvalue weighted by molar-refractivity contribution is 7.10. The lowest BCUT2D eigenvalue weighted by molar-refractivity contribution is 0.500. The Balaban J connectivity index is 1.67. The number of H-pyrrole nitrogens is 1. The Bertz CT molecular complexity index is 1150. The molecular weight excluding hydrogens is 378 g/mol. The minimum absolute atomic E-state index is 0.0305. The van der Waals surface area contributed by atoms with Gasteiger partial charge < -0.3 is 4.98 Å². The van der Waals surface area contributed by atoms with Gasteiger partial charge in [0.25, 0.3) is 5.56 Å². The number of aromatic nitrogens is 2. The zero-order valence-corrected chi connectivity index (χ0v) is 17.7. The molecule has 2 aromatic carbocycles. The number of thiophene rings is 1. The zero-order chi connectivity index (χ0) is 20.4. The third-order valence-electron chi connectivity index (χ3n) is 5.22. The fraction of sp³-hybridized carbons (Fsp3) is 0.250. The van der Waals surface area contributed by atoms with E-state index in [9.17, 15) is 4.79 Å². The Labute approximate surface area is 174 Å². The second kappa shape index (κ2) is 8.31. The minimum atomic E-state index is -0.121. The van der Waals surface area contributed by atoms with Crippen LogP contribution in [0.5, 0.6) is 0 Å². The molecule has 0 unspecified atom stereocenters. The molecule has 148 valence electrons. The van der Waals surface area contributed by atoms with Gasteiger partial charge in [-0.2, -0.15) is 0 Å². The number of aromatic amines is 1. The van der Waals surface area contributed by atoms with E-state index in [-0.39, 0.29) is 17.6 Å². The third kappa shape index (κ3) is 4.16. The molecule has 0 saturated carbocycles. The molecule has 0 fully saturated rings. The van der Waals surface area contributed by atoms with Crippen LogP contribution in [0.1, 0.15) is 60.6 Å². The molecule has 0 spiro atoms. The van der Waals surface area contributed by atoms with E-state index in [1.165, 1.54) is 16.0 Å². The van der Waals surface area contributed by atoms with Crippen molar-refractivity contribution in [3.63, 3.8) is 0 Å². The summed E-state index contributed by atoms with van der Waals surface area (Å²) in [6.07, 6.45) is 0. The Morgan fingerprint density at radius 3 is 2.34 bits per heavy atom. The van der Waals surface area contributed by atoms with Crippen LogP contribution in [0.2, 0.25) is 0 Å². The molecule has 4 rings (SSSR count). The Hall–Kier alpha value is -2.76. The lowest BCUT2D eigenvalue weighted by Crippen LogP contribution is -2.28. The van der Waals surface area contributed by atoms with Crippen molar-refractivity contribution in [2.45, 2.75) is 38.8 Å². The predicted molar refractivity (Wildman–Crippen MR) is 121 cm³/mol. The van der Waals surface area contributed by atoms with E-state index in [0.717, 1.165) is 0 Å². The van der Waals surface area contributed by atoms with Crippen molar-refractivity contribution in [3.8, 4) is 0 Å². The Kier molecular flexibility index (Phi) is 5.60. The maximum atomic E-state index is 12.5. The van der Waals surface area contributed by atoms with Gasteiger partial charge in [-0.25, -0.2) is 4.98 Å². The highest BCUT2D eigenvalue weighted by Gasteiger charge is 2.20. The first-order valence-corrected chi connectivity index (χ1v) is 10.8. The largest absolute Gasteiger partial charge is 0.309 e. The standard InChI is InChI=1S/C24H25N3OS/c1-15(2)17-10-12-18(13-11-17)22(21-9-6-14-29-21)25-16(3)23-26-20-8-5-4-7-19(20)24(28)27-23/h4-16,22,25H,1-3H3,(H,26,27,28)/t16-,22+/m0/s1. The predicted octanol–water partition coefficient (Wildman–Crippen LogP) is 5.55. The van der Waals surface area contributed by atoms with Gasteiger partial charge in [0.1, 0.15) is 5.82 Å². The molecular formula is C24H25N3OS. The maximum Gasteiger partial charge on any atom is 0.258 e. The number of nitrogens with one attached hydrogen (secondary N) is 2. The average molecular weight is 404 g/mol. The molecule has 2 aromatic heterocycles. The summed E-state index contributed by atoms with van der Waals surface area (Å²) in [5.74, 6) is 1.15. The van der Waals surface area contributed by atoms with E-state index in [1.807, 2.05) is 25.1 Å². The van der Waals surface area contributed by atoms with E-state index in [2.05, 4.69) is 70.9 Å². The van der Waals surface area contributed by atoms with Crippen molar-refractivity contribution in [2.24, 2.45) is 0 Å². The van der Waals surface area contributed by atoms with E-state index < -0.39 is 0 Å². The molecule has 0 saturated heterocycles. The van der Waals surface area contributed by atoms with Crippen LogP contribution >= 0.6 is 11.3 Å². The highest BCUT2D eigenvalue weighted by atomic mass is 32.1. The number of para-hydroxylation sites is 1. The normalized spacial score (nSPS) is 13.7. The van der Waals surface area contributed by atoms with Crippen LogP contribution in [-0.2, 0) is 0 Å². The van der Waals surface area contributed by atoms with Crippen LogP contribution in [0.25, 0.3) is 10.9 Å². The van der Waals surface area contributed by atoms with Gasteiger partial charge >= 0.3 is 0 Å². The first kappa shape index (κ1) is 19.6. The first-order chi connectivity index (χ1) is 14.0. The molecule has 0 aliphatic rings. The van der Waals surface area contributed by atoms with Crippen LogP contribution in [0.4, 0.5) is 0 Å². The van der Waals surface area contributed by atoms with Crippen molar-refractivity contribution in [1.82, 2.24) is 15.3 Å². The molecule has 0 bridgehead atoms. The summed E-state index contributed by atoms with van der Waals surface area (Å²) in [7, 11) is 0. The number of fused-ring (bicyclic) bond motifs is 1.